The second-order valence-corrected chi connectivity index (χ2v) is 5.45. The van der Waals surface area contributed by atoms with Crippen LogP contribution in [-0.2, 0) is 11.0 Å². The molecule has 1 aliphatic carbocycles. The summed E-state index contributed by atoms with van der Waals surface area (Å²) in [6.07, 6.45) is -2.62. The van der Waals surface area contributed by atoms with E-state index in [1.165, 1.54) is 0 Å². The van der Waals surface area contributed by atoms with Gasteiger partial charge in [-0.05, 0) is 49.9 Å². The van der Waals surface area contributed by atoms with E-state index in [4.69, 9.17) is 10.00 Å². The standard InChI is InChI=1S/C15H15F3N2O2/c1-14(9-19,10-2-3-10)20-13(21)8-22-12-6-4-11(5-7-12)15(16,17)18/h4-7,10H,2-3,8H2,1H3,(H,20,21). The largest absolute Gasteiger partial charge is 0.484 e. The third-order valence-electron chi connectivity index (χ3n) is 3.58. The van der Waals surface area contributed by atoms with Crippen molar-refractivity contribution >= 4 is 5.91 Å². The Morgan fingerprint density at radius 2 is 1.95 bits per heavy atom. The van der Waals surface area contributed by atoms with E-state index in [1.54, 1.807) is 6.92 Å². The van der Waals surface area contributed by atoms with E-state index in [1.807, 2.05) is 0 Å². The van der Waals surface area contributed by atoms with E-state index < -0.39 is 23.2 Å². The van der Waals surface area contributed by atoms with Crippen molar-refractivity contribution in [1.29, 1.82) is 5.26 Å². The number of ether oxygens (including phenoxy) is 1. The van der Waals surface area contributed by atoms with E-state index in [0.717, 1.165) is 37.1 Å². The predicted octanol–water partition coefficient (Wildman–Crippen LogP) is 2.89. The molecule has 1 fully saturated rings. The molecular formula is C15H15F3N2O2. The number of nitriles is 1. The number of amides is 1. The fraction of sp³-hybridized carbons (Fsp3) is 0.467. The molecule has 0 heterocycles. The van der Waals surface area contributed by atoms with Crippen molar-refractivity contribution in [2.24, 2.45) is 5.92 Å². The topological polar surface area (TPSA) is 62.1 Å². The Balaban J connectivity index is 1.87. The third kappa shape index (κ3) is 3.91. The Kier molecular flexibility index (Phi) is 4.31. The van der Waals surface area contributed by atoms with E-state index >= 15 is 0 Å². The first kappa shape index (κ1) is 16.1. The summed E-state index contributed by atoms with van der Waals surface area (Å²) in [5.41, 5.74) is -1.70. The van der Waals surface area contributed by atoms with Crippen molar-refractivity contribution in [3.8, 4) is 11.8 Å². The van der Waals surface area contributed by atoms with Crippen LogP contribution in [0.4, 0.5) is 13.2 Å². The maximum absolute atomic E-state index is 12.4. The molecule has 1 aliphatic rings. The number of rotatable bonds is 5. The lowest BCUT2D eigenvalue weighted by Crippen LogP contribution is -2.48. The number of carbonyl (C=O) groups excluding carboxylic acids is 1. The van der Waals surface area contributed by atoms with Gasteiger partial charge in [-0.1, -0.05) is 0 Å². The summed E-state index contributed by atoms with van der Waals surface area (Å²) in [5, 5.41) is 11.7. The maximum Gasteiger partial charge on any atom is 0.416 e. The first-order valence-electron chi connectivity index (χ1n) is 6.77. The Bertz CT molecular complexity index is 588. The molecule has 1 aromatic rings. The zero-order valence-corrected chi connectivity index (χ0v) is 11.9. The highest BCUT2D eigenvalue weighted by molar-refractivity contribution is 5.79. The van der Waals surface area contributed by atoms with E-state index in [9.17, 15) is 18.0 Å². The van der Waals surface area contributed by atoms with Gasteiger partial charge in [0.15, 0.2) is 6.61 Å². The van der Waals surface area contributed by atoms with Crippen LogP contribution < -0.4 is 10.1 Å². The number of halogens is 3. The van der Waals surface area contributed by atoms with Crippen molar-refractivity contribution < 1.29 is 22.7 Å². The molecular weight excluding hydrogens is 297 g/mol. The molecule has 7 heteroatoms. The van der Waals surface area contributed by atoms with Crippen LogP contribution in [0, 0.1) is 17.2 Å². The number of benzene rings is 1. The molecule has 4 nitrogen and oxygen atoms in total. The number of hydrogen-bond donors (Lipinski definition) is 1. The van der Waals surface area contributed by atoms with Crippen LogP contribution in [0.3, 0.4) is 0 Å². The quantitative estimate of drug-likeness (QED) is 0.909. The number of nitrogens with zero attached hydrogens (tertiary/aromatic N) is 1. The number of hydrogen-bond acceptors (Lipinski definition) is 3. The highest BCUT2D eigenvalue weighted by Gasteiger charge is 2.43. The lowest BCUT2D eigenvalue weighted by Gasteiger charge is -2.22. The van der Waals surface area contributed by atoms with Crippen molar-refractivity contribution in [2.45, 2.75) is 31.5 Å². The van der Waals surface area contributed by atoms with Gasteiger partial charge in [0.25, 0.3) is 5.91 Å². The Hall–Kier alpha value is -2.23. The van der Waals surface area contributed by atoms with Crippen LogP contribution in [0.15, 0.2) is 24.3 Å². The van der Waals surface area contributed by atoms with Gasteiger partial charge in [-0.2, -0.15) is 18.4 Å². The SMILES string of the molecule is CC(C#N)(NC(=O)COc1ccc(C(F)(F)F)cc1)C1CC1. The molecule has 2 rings (SSSR count). The summed E-state index contributed by atoms with van der Waals surface area (Å²) >= 11 is 0. The molecule has 0 radical (unpaired) electrons. The van der Waals surface area contributed by atoms with Crippen molar-refractivity contribution in [3.63, 3.8) is 0 Å². The molecule has 1 saturated carbocycles. The highest BCUT2D eigenvalue weighted by Crippen LogP contribution is 2.39. The number of carbonyl (C=O) groups is 1. The molecule has 0 spiro atoms. The van der Waals surface area contributed by atoms with E-state index in [2.05, 4.69) is 11.4 Å². The zero-order chi connectivity index (χ0) is 16.4. The van der Waals surface area contributed by atoms with E-state index in [-0.39, 0.29) is 18.3 Å². The van der Waals surface area contributed by atoms with Gasteiger partial charge in [0, 0.05) is 0 Å². The summed E-state index contributed by atoms with van der Waals surface area (Å²) in [6, 6.07) is 6.16. The molecule has 1 N–H and O–H groups in total. The first-order valence-corrected chi connectivity index (χ1v) is 6.77. The fourth-order valence-corrected chi connectivity index (χ4v) is 2.10. The smallest absolute Gasteiger partial charge is 0.416 e. The van der Waals surface area contributed by atoms with Gasteiger partial charge in [-0.15, -0.1) is 0 Å². The monoisotopic (exact) mass is 312 g/mol. The normalized spacial score (nSPS) is 17.2. The van der Waals surface area contributed by atoms with Crippen LogP contribution in [0.5, 0.6) is 5.75 Å². The average molecular weight is 312 g/mol. The lowest BCUT2D eigenvalue weighted by atomic mass is 9.98. The van der Waals surface area contributed by atoms with Crippen LogP contribution >= 0.6 is 0 Å². The highest BCUT2D eigenvalue weighted by atomic mass is 19.4. The second-order valence-electron chi connectivity index (χ2n) is 5.45. The summed E-state index contributed by atoms with van der Waals surface area (Å²) in [7, 11) is 0. The van der Waals surface area contributed by atoms with Gasteiger partial charge in [0.05, 0.1) is 11.6 Å². The van der Waals surface area contributed by atoms with Gasteiger partial charge in [-0.25, -0.2) is 0 Å². The minimum atomic E-state index is -4.41. The van der Waals surface area contributed by atoms with Gasteiger partial charge in [0.2, 0.25) is 0 Å². The summed E-state index contributed by atoms with van der Waals surface area (Å²) in [6.45, 7) is 1.30. The molecule has 22 heavy (non-hydrogen) atoms. The summed E-state index contributed by atoms with van der Waals surface area (Å²) in [5.74, 6) is -0.170. The summed E-state index contributed by atoms with van der Waals surface area (Å²) in [4.78, 5) is 11.8. The van der Waals surface area contributed by atoms with Crippen molar-refractivity contribution in [2.75, 3.05) is 6.61 Å². The molecule has 1 amide bonds. The minimum absolute atomic E-state index is 0.146. The molecule has 0 aliphatic heterocycles. The minimum Gasteiger partial charge on any atom is -0.484 e. The third-order valence-corrected chi connectivity index (χ3v) is 3.58. The number of nitrogens with one attached hydrogen (secondary N) is 1. The zero-order valence-electron chi connectivity index (χ0n) is 11.9. The first-order chi connectivity index (χ1) is 10.2. The summed E-state index contributed by atoms with van der Waals surface area (Å²) < 4.78 is 42.4. The van der Waals surface area contributed by atoms with Crippen LogP contribution in [0.2, 0.25) is 0 Å². The van der Waals surface area contributed by atoms with Gasteiger partial charge in [0.1, 0.15) is 11.3 Å². The lowest BCUT2D eigenvalue weighted by molar-refractivity contribution is -0.137. The average Bonchev–Trinajstić information content (AvgIpc) is 3.29. The molecule has 0 aromatic heterocycles. The van der Waals surface area contributed by atoms with Crippen LogP contribution in [0.25, 0.3) is 0 Å². The van der Waals surface area contributed by atoms with Gasteiger partial charge in [-0.3, -0.25) is 4.79 Å². The molecule has 1 atom stereocenters. The Labute approximate surface area is 125 Å². The van der Waals surface area contributed by atoms with Gasteiger partial charge >= 0.3 is 6.18 Å². The van der Waals surface area contributed by atoms with Gasteiger partial charge < -0.3 is 10.1 Å². The van der Waals surface area contributed by atoms with Crippen LogP contribution in [-0.4, -0.2) is 18.1 Å². The second kappa shape index (κ2) is 5.87. The van der Waals surface area contributed by atoms with Crippen molar-refractivity contribution in [3.05, 3.63) is 29.8 Å². The molecule has 1 aromatic carbocycles. The Morgan fingerprint density at radius 3 is 2.41 bits per heavy atom. The molecule has 1 unspecified atom stereocenters. The fourth-order valence-electron chi connectivity index (χ4n) is 2.10. The maximum atomic E-state index is 12.4. The Morgan fingerprint density at radius 1 is 1.36 bits per heavy atom. The van der Waals surface area contributed by atoms with Crippen molar-refractivity contribution in [1.82, 2.24) is 5.32 Å². The number of alkyl halides is 3. The molecule has 118 valence electrons. The van der Waals surface area contributed by atoms with E-state index in [0.29, 0.717) is 0 Å². The predicted molar refractivity (Wildman–Crippen MR) is 71.8 cm³/mol. The molecule has 0 saturated heterocycles. The van der Waals surface area contributed by atoms with Crippen LogP contribution in [0.1, 0.15) is 25.3 Å². The molecule has 0 bridgehead atoms.